The number of ether oxygens (including phenoxy) is 2. The van der Waals surface area contributed by atoms with E-state index in [1.165, 1.54) is 17.7 Å². The Morgan fingerprint density at radius 2 is 1.70 bits per heavy atom. The average Bonchev–Trinajstić information content (AvgIpc) is 2.68. The first kappa shape index (κ1) is 17.8. The highest BCUT2D eigenvalue weighted by Gasteiger charge is 2.22. The third-order valence-electron chi connectivity index (χ3n) is 4.98. The molecular formula is C21H23FN2O3. The molecule has 2 aromatic carbocycles. The molecule has 0 spiro atoms. The Kier molecular flexibility index (Phi) is 5.25. The van der Waals surface area contributed by atoms with Crippen LogP contribution in [0.15, 0.2) is 42.5 Å². The molecule has 1 amide bonds. The molecule has 6 heteroatoms. The van der Waals surface area contributed by atoms with Gasteiger partial charge in [0.25, 0.3) is 0 Å². The monoisotopic (exact) mass is 370 g/mol. The number of carbonyl (C=O) groups is 1. The van der Waals surface area contributed by atoms with Crippen LogP contribution in [0.3, 0.4) is 0 Å². The predicted octanol–water partition coefficient (Wildman–Crippen LogP) is 2.48. The van der Waals surface area contributed by atoms with Crippen LogP contribution in [0, 0.1) is 5.82 Å². The van der Waals surface area contributed by atoms with E-state index in [2.05, 4.69) is 11.0 Å². The SMILES string of the molecule is O=C(Cc1cccc(F)c1)N1CCN(Cc2ccc3c(c2)OCCO3)CC1. The van der Waals surface area contributed by atoms with Crippen molar-refractivity contribution in [1.29, 1.82) is 0 Å². The fourth-order valence-electron chi connectivity index (χ4n) is 3.53. The first-order valence-electron chi connectivity index (χ1n) is 9.30. The van der Waals surface area contributed by atoms with E-state index in [1.54, 1.807) is 12.1 Å². The molecule has 2 aliphatic rings. The molecular weight excluding hydrogens is 347 g/mol. The third-order valence-corrected chi connectivity index (χ3v) is 4.98. The molecule has 1 saturated heterocycles. The minimum Gasteiger partial charge on any atom is -0.486 e. The third kappa shape index (κ3) is 4.39. The van der Waals surface area contributed by atoms with Gasteiger partial charge in [-0.25, -0.2) is 4.39 Å². The number of amides is 1. The van der Waals surface area contributed by atoms with E-state index in [4.69, 9.17) is 9.47 Å². The molecule has 5 nitrogen and oxygen atoms in total. The Labute approximate surface area is 158 Å². The van der Waals surface area contributed by atoms with E-state index in [-0.39, 0.29) is 18.1 Å². The summed E-state index contributed by atoms with van der Waals surface area (Å²) < 4.78 is 24.5. The Hall–Kier alpha value is -2.60. The number of fused-ring (bicyclic) bond motifs is 1. The molecule has 0 bridgehead atoms. The Morgan fingerprint density at radius 1 is 0.926 bits per heavy atom. The number of nitrogens with zero attached hydrogens (tertiary/aromatic N) is 2. The number of piperazine rings is 1. The number of benzene rings is 2. The van der Waals surface area contributed by atoms with Crippen LogP contribution >= 0.6 is 0 Å². The van der Waals surface area contributed by atoms with Crippen LogP contribution in [-0.4, -0.2) is 55.1 Å². The Bertz CT molecular complexity index is 819. The van der Waals surface area contributed by atoms with E-state index in [0.29, 0.717) is 26.3 Å². The standard InChI is InChI=1S/C21H23FN2O3/c22-18-3-1-2-16(12-18)14-21(25)24-8-6-23(7-9-24)15-17-4-5-19-20(13-17)27-11-10-26-19/h1-5,12-13H,6-11,14-15H2. The summed E-state index contributed by atoms with van der Waals surface area (Å²) >= 11 is 0. The lowest BCUT2D eigenvalue weighted by molar-refractivity contribution is -0.132. The van der Waals surface area contributed by atoms with Crippen molar-refractivity contribution >= 4 is 5.91 Å². The summed E-state index contributed by atoms with van der Waals surface area (Å²) in [5, 5.41) is 0. The normalized spacial score (nSPS) is 17.0. The van der Waals surface area contributed by atoms with E-state index in [0.717, 1.165) is 36.7 Å². The van der Waals surface area contributed by atoms with Gasteiger partial charge in [0.05, 0.1) is 6.42 Å². The van der Waals surface area contributed by atoms with Crippen molar-refractivity contribution in [2.24, 2.45) is 0 Å². The Balaban J connectivity index is 1.29. The van der Waals surface area contributed by atoms with Crippen molar-refractivity contribution in [3.8, 4) is 11.5 Å². The highest BCUT2D eigenvalue weighted by atomic mass is 19.1. The van der Waals surface area contributed by atoms with E-state index < -0.39 is 0 Å². The summed E-state index contributed by atoms with van der Waals surface area (Å²) in [7, 11) is 0. The van der Waals surface area contributed by atoms with Crippen molar-refractivity contribution < 1.29 is 18.7 Å². The molecule has 142 valence electrons. The molecule has 0 N–H and O–H groups in total. The fourth-order valence-corrected chi connectivity index (χ4v) is 3.53. The van der Waals surface area contributed by atoms with Gasteiger partial charge in [0.1, 0.15) is 19.0 Å². The maximum atomic E-state index is 13.3. The predicted molar refractivity (Wildman–Crippen MR) is 99.4 cm³/mol. The minimum absolute atomic E-state index is 0.0552. The number of halogens is 1. The number of hydrogen-bond acceptors (Lipinski definition) is 4. The quantitative estimate of drug-likeness (QED) is 0.829. The zero-order chi connectivity index (χ0) is 18.6. The van der Waals surface area contributed by atoms with Gasteiger partial charge in [-0.3, -0.25) is 9.69 Å². The molecule has 2 aromatic rings. The summed E-state index contributed by atoms with van der Waals surface area (Å²) in [4.78, 5) is 16.7. The zero-order valence-corrected chi connectivity index (χ0v) is 15.2. The largest absolute Gasteiger partial charge is 0.486 e. The molecule has 4 rings (SSSR count). The molecule has 27 heavy (non-hydrogen) atoms. The second-order valence-corrected chi connectivity index (χ2v) is 6.94. The van der Waals surface area contributed by atoms with Crippen molar-refractivity contribution in [2.75, 3.05) is 39.4 Å². The second kappa shape index (κ2) is 7.96. The highest BCUT2D eigenvalue weighted by molar-refractivity contribution is 5.78. The number of carbonyl (C=O) groups excluding carboxylic acids is 1. The van der Waals surface area contributed by atoms with Crippen molar-refractivity contribution in [1.82, 2.24) is 9.80 Å². The lowest BCUT2D eigenvalue weighted by Gasteiger charge is -2.35. The van der Waals surface area contributed by atoms with Gasteiger partial charge in [0.2, 0.25) is 5.91 Å². The van der Waals surface area contributed by atoms with Gasteiger partial charge in [-0.15, -0.1) is 0 Å². The van der Waals surface area contributed by atoms with Gasteiger partial charge in [-0.05, 0) is 35.4 Å². The molecule has 0 radical (unpaired) electrons. The van der Waals surface area contributed by atoms with Gasteiger partial charge in [0.15, 0.2) is 11.5 Å². The Morgan fingerprint density at radius 3 is 2.48 bits per heavy atom. The van der Waals surface area contributed by atoms with E-state index in [9.17, 15) is 9.18 Å². The molecule has 2 heterocycles. The van der Waals surface area contributed by atoms with E-state index in [1.807, 2.05) is 17.0 Å². The van der Waals surface area contributed by atoms with Gasteiger partial charge in [-0.1, -0.05) is 18.2 Å². The van der Waals surface area contributed by atoms with Crippen LogP contribution in [0.1, 0.15) is 11.1 Å². The molecule has 1 fully saturated rings. The fraction of sp³-hybridized carbons (Fsp3) is 0.381. The van der Waals surface area contributed by atoms with Crippen molar-refractivity contribution in [3.05, 3.63) is 59.4 Å². The molecule has 0 aliphatic carbocycles. The van der Waals surface area contributed by atoms with Gasteiger partial charge < -0.3 is 14.4 Å². The smallest absolute Gasteiger partial charge is 0.227 e. The zero-order valence-electron chi connectivity index (χ0n) is 15.2. The molecule has 0 unspecified atom stereocenters. The van der Waals surface area contributed by atoms with Gasteiger partial charge in [-0.2, -0.15) is 0 Å². The van der Waals surface area contributed by atoms with Crippen LogP contribution in [-0.2, 0) is 17.8 Å². The topological polar surface area (TPSA) is 42.0 Å². The van der Waals surface area contributed by atoms with Crippen LogP contribution in [0.2, 0.25) is 0 Å². The maximum absolute atomic E-state index is 13.3. The first-order valence-corrected chi connectivity index (χ1v) is 9.30. The second-order valence-electron chi connectivity index (χ2n) is 6.94. The summed E-state index contributed by atoms with van der Waals surface area (Å²) in [6.45, 7) is 5.03. The van der Waals surface area contributed by atoms with Crippen LogP contribution in [0.4, 0.5) is 4.39 Å². The van der Waals surface area contributed by atoms with E-state index >= 15 is 0 Å². The molecule has 0 atom stereocenters. The highest BCUT2D eigenvalue weighted by Crippen LogP contribution is 2.31. The van der Waals surface area contributed by atoms with Crippen molar-refractivity contribution in [3.63, 3.8) is 0 Å². The summed E-state index contributed by atoms with van der Waals surface area (Å²) in [5.41, 5.74) is 1.90. The molecule has 0 aromatic heterocycles. The van der Waals surface area contributed by atoms with Gasteiger partial charge in [0, 0.05) is 32.7 Å². The van der Waals surface area contributed by atoms with Gasteiger partial charge >= 0.3 is 0 Å². The number of hydrogen-bond donors (Lipinski definition) is 0. The summed E-state index contributed by atoms with van der Waals surface area (Å²) in [6, 6.07) is 12.3. The summed E-state index contributed by atoms with van der Waals surface area (Å²) in [5.74, 6) is 1.37. The minimum atomic E-state index is -0.301. The number of rotatable bonds is 4. The average molecular weight is 370 g/mol. The first-order chi connectivity index (χ1) is 13.2. The van der Waals surface area contributed by atoms with Crippen LogP contribution in [0.25, 0.3) is 0 Å². The molecule has 2 aliphatic heterocycles. The van der Waals surface area contributed by atoms with Crippen LogP contribution in [0.5, 0.6) is 11.5 Å². The molecule has 0 saturated carbocycles. The maximum Gasteiger partial charge on any atom is 0.227 e. The van der Waals surface area contributed by atoms with Crippen molar-refractivity contribution in [2.45, 2.75) is 13.0 Å². The lowest BCUT2D eigenvalue weighted by atomic mass is 10.1. The van der Waals surface area contributed by atoms with Crippen LogP contribution < -0.4 is 9.47 Å². The summed E-state index contributed by atoms with van der Waals surface area (Å²) in [6.07, 6.45) is 0.250. The lowest BCUT2D eigenvalue weighted by Crippen LogP contribution is -2.48.